The topological polar surface area (TPSA) is 40.5 Å². The van der Waals surface area contributed by atoms with Crippen LogP contribution in [0.4, 0.5) is 0 Å². The van der Waals surface area contributed by atoms with Crippen molar-refractivity contribution in [2.75, 3.05) is 25.6 Å². The van der Waals surface area contributed by atoms with Gasteiger partial charge in [0, 0.05) is 32.0 Å². The normalized spacial score (nSPS) is 18.1. The molecule has 4 heteroatoms. The van der Waals surface area contributed by atoms with Crippen LogP contribution >= 0.6 is 11.6 Å². The van der Waals surface area contributed by atoms with Crippen LogP contribution in [0.1, 0.15) is 32.1 Å². The van der Waals surface area contributed by atoms with E-state index in [4.69, 9.17) is 16.7 Å². The van der Waals surface area contributed by atoms with Crippen molar-refractivity contribution in [3.8, 4) is 0 Å². The zero-order chi connectivity index (χ0) is 11.1. The number of amides is 1. The molecule has 0 aliphatic carbocycles. The Morgan fingerprint density at radius 3 is 2.53 bits per heavy atom. The number of aliphatic hydroxyl groups excluding tert-OH is 1. The second-order valence-corrected chi connectivity index (χ2v) is 4.53. The van der Waals surface area contributed by atoms with Gasteiger partial charge in [0.05, 0.1) is 0 Å². The molecule has 3 nitrogen and oxygen atoms in total. The highest BCUT2D eigenvalue weighted by Gasteiger charge is 2.21. The average molecular weight is 234 g/mol. The van der Waals surface area contributed by atoms with E-state index in [1.54, 1.807) is 0 Å². The second kappa shape index (κ2) is 7.07. The number of carbonyl (C=O) groups is 1. The lowest BCUT2D eigenvalue weighted by molar-refractivity contribution is -0.132. The van der Waals surface area contributed by atoms with Gasteiger partial charge in [-0.1, -0.05) is 0 Å². The summed E-state index contributed by atoms with van der Waals surface area (Å²) >= 11 is 5.56. The molecule has 0 saturated carbocycles. The molecule has 88 valence electrons. The molecule has 0 unspecified atom stereocenters. The van der Waals surface area contributed by atoms with Crippen molar-refractivity contribution < 1.29 is 9.90 Å². The van der Waals surface area contributed by atoms with Crippen LogP contribution in [0, 0.1) is 5.92 Å². The van der Waals surface area contributed by atoms with Crippen LogP contribution in [0.15, 0.2) is 0 Å². The minimum atomic E-state index is 0.247. The number of carbonyl (C=O) groups excluding carboxylic acids is 1. The van der Waals surface area contributed by atoms with Gasteiger partial charge >= 0.3 is 0 Å². The van der Waals surface area contributed by atoms with Gasteiger partial charge in [0.2, 0.25) is 5.91 Å². The molecule has 0 radical (unpaired) electrons. The highest BCUT2D eigenvalue weighted by atomic mass is 35.5. The molecule has 0 atom stereocenters. The smallest absolute Gasteiger partial charge is 0.222 e. The zero-order valence-electron chi connectivity index (χ0n) is 9.12. The third-order valence-corrected chi connectivity index (χ3v) is 3.27. The van der Waals surface area contributed by atoms with Crippen molar-refractivity contribution in [2.45, 2.75) is 32.1 Å². The Morgan fingerprint density at radius 2 is 2.00 bits per heavy atom. The van der Waals surface area contributed by atoms with Crippen molar-refractivity contribution in [3.63, 3.8) is 0 Å². The summed E-state index contributed by atoms with van der Waals surface area (Å²) in [4.78, 5) is 13.6. The standard InChI is InChI=1S/C11H20ClNO2/c12-6-2-1-3-11(15)13-7-4-10(9-14)5-8-13/h10,14H,1-9H2. The predicted molar refractivity (Wildman–Crippen MR) is 61.0 cm³/mol. The minimum Gasteiger partial charge on any atom is -0.396 e. The largest absolute Gasteiger partial charge is 0.396 e. The van der Waals surface area contributed by atoms with Gasteiger partial charge in [0.25, 0.3) is 0 Å². The lowest BCUT2D eigenvalue weighted by Crippen LogP contribution is -2.39. The minimum absolute atomic E-state index is 0.247. The first-order chi connectivity index (χ1) is 7.27. The Bertz CT molecular complexity index is 191. The molecule has 1 amide bonds. The lowest BCUT2D eigenvalue weighted by atomic mass is 9.97. The van der Waals surface area contributed by atoms with Crippen LogP contribution in [0.2, 0.25) is 0 Å². The van der Waals surface area contributed by atoms with Crippen LogP contribution in [-0.4, -0.2) is 41.5 Å². The Kier molecular flexibility index (Phi) is 6.03. The van der Waals surface area contributed by atoms with E-state index >= 15 is 0 Å². The zero-order valence-corrected chi connectivity index (χ0v) is 9.88. The molecule has 1 saturated heterocycles. The Balaban J connectivity index is 2.18. The van der Waals surface area contributed by atoms with E-state index in [9.17, 15) is 4.79 Å². The summed E-state index contributed by atoms with van der Waals surface area (Å²) in [5.41, 5.74) is 0. The fourth-order valence-electron chi connectivity index (χ4n) is 1.89. The van der Waals surface area contributed by atoms with Gasteiger partial charge in [0.1, 0.15) is 0 Å². The van der Waals surface area contributed by atoms with Gasteiger partial charge in [0.15, 0.2) is 0 Å². The summed E-state index contributed by atoms with van der Waals surface area (Å²) < 4.78 is 0. The molecule has 0 bridgehead atoms. The van der Waals surface area contributed by atoms with E-state index in [1.807, 2.05) is 4.90 Å². The Morgan fingerprint density at radius 1 is 1.33 bits per heavy atom. The molecule has 15 heavy (non-hydrogen) atoms. The van der Waals surface area contributed by atoms with Crippen molar-refractivity contribution in [1.82, 2.24) is 4.90 Å². The first-order valence-electron chi connectivity index (χ1n) is 5.72. The number of aliphatic hydroxyl groups is 1. The predicted octanol–water partition coefficient (Wildman–Crippen LogP) is 1.63. The molecule has 0 aromatic carbocycles. The Hall–Kier alpha value is -0.280. The van der Waals surface area contributed by atoms with E-state index in [0.29, 0.717) is 18.2 Å². The summed E-state index contributed by atoms with van der Waals surface area (Å²) in [6, 6.07) is 0. The van der Waals surface area contributed by atoms with Crippen molar-refractivity contribution >= 4 is 17.5 Å². The summed E-state index contributed by atoms with van der Waals surface area (Å²) in [5, 5.41) is 8.97. The van der Waals surface area contributed by atoms with E-state index in [-0.39, 0.29) is 12.5 Å². The van der Waals surface area contributed by atoms with Crippen LogP contribution in [0.5, 0.6) is 0 Å². The van der Waals surface area contributed by atoms with Crippen LogP contribution in [-0.2, 0) is 4.79 Å². The maximum absolute atomic E-state index is 11.7. The molecule has 1 N–H and O–H groups in total. The van der Waals surface area contributed by atoms with Crippen LogP contribution in [0.25, 0.3) is 0 Å². The molecule has 0 aromatic heterocycles. The number of piperidine rings is 1. The molecule has 1 aliphatic rings. The highest BCUT2D eigenvalue weighted by molar-refractivity contribution is 6.17. The maximum Gasteiger partial charge on any atom is 0.222 e. The second-order valence-electron chi connectivity index (χ2n) is 4.15. The summed E-state index contributed by atoms with van der Waals surface area (Å²) in [7, 11) is 0. The average Bonchev–Trinajstić information content (AvgIpc) is 2.29. The highest BCUT2D eigenvalue weighted by Crippen LogP contribution is 2.17. The molecule has 1 fully saturated rings. The van der Waals surface area contributed by atoms with Crippen LogP contribution in [0.3, 0.4) is 0 Å². The summed E-state index contributed by atoms with van der Waals surface area (Å²) in [6.07, 6.45) is 4.31. The molecule has 1 heterocycles. The van der Waals surface area contributed by atoms with Gasteiger partial charge in [-0.2, -0.15) is 0 Å². The lowest BCUT2D eigenvalue weighted by Gasteiger charge is -2.31. The molecular formula is C11H20ClNO2. The quantitative estimate of drug-likeness (QED) is 0.579. The van der Waals surface area contributed by atoms with Crippen LogP contribution < -0.4 is 0 Å². The van der Waals surface area contributed by atoms with Gasteiger partial charge in [-0.25, -0.2) is 0 Å². The Labute approximate surface area is 96.4 Å². The van der Waals surface area contributed by atoms with Crippen molar-refractivity contribution in [3.05, 3.63) is 0 Å². The van der Waals surface area contributed by atoms with E-state index < -0.39 is 0 Å². The van der Waals surface area contributed by atoms with E-state index in [1.165, 1.54) is 0 Å². The molecular weight excluding hydrogens is 214 g/mol. The summed E-state index contributed by atoms with van der Waals surface area (Å²) in [5.74, 6) is 1.29. The first-order valence-corrected chi connectivity index (χ1v) is 6.26. The molecule has 0 aromatic rings. The SMILES string of the molecule is O=C(CCCCCl)N1CCC(CO)CC1. The number of hydrogen-bond donors (Lipinski definition) is 1. The first kappa shape index (κ1) is 12.8. The van der Waals surface area contributed by atoms with Crippen molar-refractivity contribution in [2.24, 2.45) is 5.92 Å². The number of rotatable bonds is 5. The maximum atomic E-state index is 11.7. The van der Waals surface area contributed by atoms with E-state index in [2.05, 4.69) is 0 Å². The van der Waals surface area contributed by atoms with Crippen molar-refractivity contribution in [1.29, 1.82) is 0 Å². The number of halogens is 1. The van der Waals surface area contributed by atoms with Gasteiger partial charge in [-0.15, -0.1) is 11.6 Å². The molecule has 1 aliphatic heterocycles. The fourth-order valence-corrected chi connectivity index (χ4v) is 2.08. The molecule has 0 spiro atoms. The van der Waals surface area contributed by atoms with Gasteiger partial charge < -0.3 is 10.0 Å². The third-order valence-electron chi connectivity index (χ3n) is 3.00. The van der Waals surface area contributed by atoms with E-state index in [0.717, 1.165) is 38.8 Å². The van der Waals surface area contributed by atoms with Gasteiger partial charge in [-0.3, -0.25) is 4.79 Å². The number of hydrogen-bond acceptors (Lipinski definition) is 2. The monoisotopic (exact) mass is 233 g/mol. The van der Waals surface area contributed by atoms with Gasteiger partial charge in [-0.05, 0) is 31.6 Å². The number of unbranched alkanes of at least 4 members (excludes halogenated alkanes) is 1. The summed E-state index contributed by atoms with van der Waals surface area (Å²) in [6.45, 7) is 1.88. The number of likely N-dealkylation sites (tertiary alicyclic amines) is 1. The fraction of sp³-hybridized carbons (Fsp3) is 0.909. The number of alkyl halides is 1. The number of nitrogens with zero attached hydrogens (tertiary/aromatic N) is 1. The third kappa shape index (κ3) is 4.39. The molecule has 1 rings (SSSR count).